The van der Waals surface area contributed by atoms with Crippen molar-refractivity contribution in [3.8, 4) is 28.3 Å². The third-order valence-corrected chi connectivity index (χ3v) is 12.3. The van der Waals surface area contributed by atoms with Crippen molar-refractivity contribution < 1.29 is 39.9 Å². The van der Waals surface area contributed by atoms with Crippen LogP contribution < -0.4 is 16.2 Å². The van der Waals surface area contributed by atoms with Gasteiger partial charge in [0.1, 0.15) is 44.1 Å². The summed E-state index contributed by atoms with van der Waals surface area (Å²) in [6.45, 7) is 6.23. The first kappa shape index (κ1) is 48.1. The number of nitrogens with two attached hydrogens (primary N) is 2. The lowest BCUT2D eigenvalue weighted by Gasteiger charge is -2.14. The molecule has 0 aliphatic carbocycles. The predicted molar refractivity (Wildman–Crippen MR) is 259 cm³/mol. The summed E-state index contributed by atoms with van der Waals surface area (Å²) >= 11 is 0. The predicted octanol–water partition coefficient (Wildman–Crippen LogP) is 12.0. The van der Waals surface area contributed by atoms with Crippen LogP contribution in [-0.4, -0.2) is 48.8 Å². The number of hydrogen-bond acceptors (Lipinski definition) is 14. The molecule has 0 aliphatic heterocycles. The zero-order valence-electron chi connectivity index (χ0n) is 36.7. The van der Waals surface area contributed by atoms with Gasteiger partial charge in [-0.15, -0.1) is 20.5 Å². The molecule has 0 atom stereocenters. The van der Waals surface area contributed by atoms with Crippen molar-refractivity contribution in [3.63, 3.8) is 0 Å². The van der Waals surface area contributed by atoms with Gasteiger partial charge in [0.15, 0.2) is 6.29 Å². The van der Waals surface area contributed by atoms with E-state index in [-0.39, 0.29) is 43.7 Å². The standard InChI is InChI=1S/C27H26N4O5S.C22H17FN4O3S/c1-3-4-11-36-27-18(16-32)12-17(2)13-22(27)23-10-9-19(15-29-23)30-31-24-14-25(37(33,34)35)20-7-5-6-8-21(20)26(24)28;1-13-10-14(23)6-8-16(13)19-9-7-15(12-25-19)26-27-20-11-21(31(28,29)30)17-4-2-3-5-18(17)22(20)24/h5-10,12-16H,3-4,11,28H2,1-2H3,(H,33,34,35);2-12H,24H2,1H3,(H,28,29,30). The van der Waals surface area contributed by atoms with E-state index in [1.165, 1.54) is 36.7 Å². The molecule has 0 fully saturated rings. The van der Waals surface area contributed by atoms with Crippen molar-refractivity contribution in [2.24, 2.45) is 20.5 Å². The number of hydrogen-bond donors (Lipinski definition) is 4. The zero-order chi connectivity index (χ0) is 48.8. The van der Waals surface area contributed by atoms with Crippen molar-refractivity contribution in [2.45, 2.75) is 43.4 Å². The Balaban J connectivity index is 0.000000204. The van der Waals surface area contributed by atoms with Crippen molar-refractivity contribution in [3.05, 3.63) is 150 Å². The Morgan fingerprint density at radius 3 is 1.59 bits per heavy atom. The van der Waals surface area contributed by atoms with Crippen LogP contribution in [0.25, 0.3) is 44.1 Å². The second-order valence-corrected chi connectivity index (χ2v) is 18.1. The van der Waals surface area contributed by atoms with Gasteiger partial charge in [0.25, 0.3) is 20.2 Å². The lowest BCUT2D eigenvalue weighted by Crippen LogP contribution is -2.02. The Labute approximate surface area is 390 Å². The molecule has 8 rings (SSSR count). The highest BCUT2D eigenvalue weighted by molar-refractivity contribution is 7.86. The average Bonchev–Trinajstić information content (AvgIpc) is 3.31. The summed E-state index contributed by atoms with van der Waals surface area (Å²) in [5.41, 5.74) is 18.7. The molecule has 0 amide bonds. The maximum atomic E-state index is 13.3. The first-order valence-electron chi connectivity index (χ1n) is 20.8. The number of anilines is 2. The highest BCUT2D eigenvalue weighted by Gasteiger charge is 2.20. The summed E-state index contributed by atoms with van der Waals surface area (Å²) in [7, 11) is -9.01. The van der Waals surface area contributed by atoms with Gasteiger partial charge in [-0.25, -0.2) is 4.39 Å². The van der Waals surface area contributed by atoms with Crippen LogP contribution in [0.1, 0.15) is 41.3 Å². The number of fused-ring (bicyclic) bond motifs is 2. The van der Waals surface area contributed by atoms with Gasteiger partial charge in [0.05, 0.1) is 47.3 Å². The van der Waals surface area contributed by atoms with Crippen molar-refractivity contribution >= 4 is 82.2 Å². The number of carbonyl (C=O) groups is 1. The van der Waals surface area contributed by atoms with E-state index < -0.39 is 20.2 Å². The summed E-state index contributed by atoms with van der Waals surface area (Å²) in [5, 5.41) is 17.9. The van der Waals surface area contributed by atoms with Gasteiger partial charge in [-0.2, -0.15) is 16.8 Å². The summed E-state index contributed by atoms with van der Waals surface area (Å²) < 4.78 is 86.0. The number of carbonyl (C=O) groups excluding carboxylic acids is 1. The number of azo groups is 2. The van der Waals surface area contributed by atoms with E-state index >= 15 is 0 Å². The molecule has 0 unspecified atom stereocenters. The number of aldehydes is 1. The molecule has 2 aromatic heterocycles. The molecule has 0 saturated carbocycles. The number of aryl methyl sites for hydroxylation is 2. The molecule has 0 spiro atoms. The fourth-order valence-corrected chi connectivity index (χ4v) is 8.63. The summed E-state index contributed by atoms with van der Waals surface area (Å²) in [6.07, 6.45) is 5.58. The monoisotopic (exact) mass is 954 g/mol. The van der Waals surface area contributed by atoms with E-state index in [2.05, 4.69) is 37.3 Å². The van der Waals surface area contributed by atoms with Gasteiger partial charge < -0.3 is 16.2 Å². The molecule has 6 aromatic carbocycles. The highest BCUT2D eigenvalue weighted by atomic mass is 32.2. The molecule has 0 saturated heterocycles. The molecule has 0 radical (unpaired) electrons. The highest BCUT2D eigenvalue weighted by Crippen LogP contribution is 2.39. The minimum atomic E-state index is -4.52. The smallest absolute Gasteiger partial charge is 0.295 e. The van der Waals surface area contributed by atoms with Crippen molar-refractivity contribution in [2.75, 3.05) is 18.1 Å². The average molecular weight is 955 g/mol. The van der Waals surface area contributed by atoms with Crippen LogP contribution in [-0.2, 0) is 20.2 Å². The number of unbranched alkanes of at least 4 members (excludes halogenated alkanes) is 1. The molecule has 0 aliphatic rings. The molecular weight excluding hydrogens is 912 g/mol. The molecule has 2 heterocycles. The molecule has 6 N–H and O–H groups in total. The molecule has 19 heteroatoms. The fourth-order valence-electron chi connectivity index (χ4n) is 7.20. The Hall–Kier alpha value is -7.84. The Morgan fingerprint density at radius 2 is 1.15 bits per heavy atom. The van der Waals surface area contributed by atoms with Gasteiger partial charge in [-0.05, 0) is 98.1 Å². The maximum Gasteiger partial charge on any atom is 0.295 e. The van der Waals surface area contributed by atoms with Crippen LogP contribution in [0.5, 0.6) is 5.75 Å². The van der Waals surface area contributed by atoms with Crippen LogP contribution in [0, 0.1) is 19.7 Å². The lowest BCUT2D eigenvalue weighted by molar-refractivity contribution is 0.111. The number of benzene rings is 6. The molecule has 16 nitrogen and oxygen atoms in total. The normalized spacial score (nSPS) is 11.9. The van der Waals surface area contributed by atoms with E-state index in [1.54, 1.807) is 91.9 Å². The van der Waals surface area contributed by atoms with E-state index in [9.17, 15) is 35.1 Å². The minimum Gasteiger partial charge on any atom is -0.492 e. The molecular formula is C49H43FN8O8S2. The molecule has 8 aromatic rings. The number of halogens is 1. The van der Waals surface area contributed by atoms with Crippen LogP contribution in [0.3, 0.4) is 0 Å². The summed E-state index contributed by atoms with van der Waals surface area (Å²) in [5.74, 6) is 0.168. The zero-order valence-corrected chi connectivity index (χ0v) is 38.3. The maximum absolute atomic E-state index is 13.3. The fraction of sp³-hybridized carbons (Fsp3) is 0.122. The second kappa shape index (κ2) is 20.4. The first-order chi connectivity index (χ1) is 32.5. The molecule has 0 bridgehead atoms. The minimum absolute atomic E-state index is 0.0938. The quantitative estimate of drug-likeness (QED) is 0.0276. The summed E-state index contributed by atoms with van der Waals surface area (Å²) in [4.78, 5) is 19.9. The largest absolute Gasteiger partial charge is 0.492 e. The summed E-state index contributed by atoms with van der Waals surface area (Å²) in [6, 6.07) is 30.4. The Bertz CT molecular complexity index is 3500. The van der Waals surface area contributed by atoms with Gasteiger partial charge in [0, 0.05) is 32.7 Å². The van der Waals surface area contributed by atoms with E-state index in [0.717, 1.165) is 35.8 Å². The van der Waals surface area contributed by atoms with Gasteiger partial charge >= 0.3 is 0 Å². The van der Waals surface area contributed by atoms with Gasteiger partial charge in [-0.3, -0.25) is 23.9 Å². The van der Waals surface area contributed by atoms with Crippen LogP contribution in [0.2, 0.25) is 0 Å². The van der Waals surface area contributed by atoms with Gasteiger partial charge in [0.2, 0.25) is 0 Å². The van der Waals surface area contributed by atoms with E-state index in [4.69, 9.17) is 16.2 Å². The van der Waals surface area contributed by atoms with E-state index in [1.807, 2.05) is 13.0 Å². The van der Waals surface area contributed by atoms with Crippen molar-refractivity contribution in [1.82, 2.24) is 9.97 Å². The number of ether oxygens (including phenoxy) is 1. The third kappa shape index (κ3) is 10.9. The van der Waals surface area contributed by atoms with Crippen molar-refractivity contribution in [1.29, 1.82) is 0 Å². The number of rotatable bonds is 13. The lowest BCUT2D eigenvalue weighted by atomic mass is 10.0. The third-order valence-electron chi connectivity index (χ3n) is 10.5. The Morgan fingerprint density at radius 1 is 0.647 bits per heavy atom. The molecule has 346 valence electrons. The van der Waals surface area contributed by atoms with Gasteiger partial charge in [-0.1, -0.05) is 61.9 Å². The SMILES string of the molecule is CCCCOc1c(C=O)cc(C)cc1-c1ccc(N=Nc2cc(S(=O)(=O)O)c3ccccc3c2N)cn1.Cc1cc(F)ccc1-c1ccc(N=Nc2cc(S(=O)(=O)O)c3ccccc3c2N)cn1. The van der Waals surface area contributed by atoms with Crippen LogP contribution in [0.4, 0.5) is 38.5 Å². The first-order valence-corrected chi connectivity index (χ1v) is 23.7. The Kier molecular flexibility index (Phi) is 14.4. The van der Waals surface area contributed by atoms with Crippen LogP contribution in [0.15, 0.2) is 158 Å². The number of nitrogens with zero attached hydrogens (tertiary/aromatic N) is 6. The van der Waals surface area contributed by atoms with Crippen LogP contribution >= 0.6 is 0 Å². The number of pyridine rings is 2. The topological polar surface area (TPSA) is 262 Å². The van der Waals surface area contributed by atoms with E-state index in [0.29, 0.717) is 62.4 Å². The number of aromatic nitrogens is 2. The second-order valence-electron chi connectivity index (χ2n) is 15.4. The number of nitrogen functional groups attached to an aromatic ring is 2. The molecule has 68 heavy (non-hydrogen) atoms.